The number of aliphatic imine (C=N–C) groups is 1. The molecule has 9 heteroatoms. The third-order valence-electron chi connectivity index (χ3n) is 5.36. The Labute approximate surface area is 207 Å². The molecule has 1 unspecified atom stereocenters. The fourth-order valence-corrected chi connectivity index (χ4v) is 4.74. The number of guanidine groups is 1. The summed E-state index contributed by atoms with van der Waals surface area (Å²) in [5.41, 5.74) is 2.41. The number of ether oxygens (including phenoxy) is 1. The van der Waals surface area contributed by atoms with Crippen LogP contribution in [-0.2, 0) is 18.3 Å². The van der Waals surface area contributed by atoms with Gasteiger partial charge in [0, 0.05) is 56.9 Å². The number of morpholine rings is 1. The van der Waals surface area contributed by atoms with Gasteiger partial charge < -0.3 is 15.0 Å². The van der Waals surface area contributed by atoms with Crippen LogP contribution in [0.4, 0.5) is 0 Å². The predicted molar refractivity (Wildman–Crippen MR) is 140 cm³/mol. The van der Waals surface area contributed by atoms with Gasteiger partial charge in [0.05, 0.1) is 31.5 Å². The first-order valence-corrected chi connectivity index (χ1v) is 11.7. The van der Waals surface area contributed by atoms with Gasteiger partial charge in [0.15, 0.2) is 5.96 Å². The summed E-state index contributed by atoms with van der Waals surface area (Å²) in [6, 6.07) is 4.65. The van der Waals surface area contributed by atoms with Crippen molar-refractivity contribution < 1.29 is 4.74 Å². The van der Waals surface area contributed by atoms with E-state index in [1.165, 1.54) is 10.4 Å². The van der Waals surface area contributed by atoms with Crippen molar-refractivity contribution in [2.45, 2.75) is 39.3 Å². The number of nitrogens with one attached hydrogen (secondary N) is 1. The quantitative estimate of drug-likeness (QED) is 0.303. The van der Waals surface area contributed by atoms with Crippen molar-refractivity contribution in [2.24, 2.45) is 12.0 Å². The molecule has 31 heavy (non-hydrogen) atoms. The van der Waals surface area contributed by atoms with Gasteiger partial charge in [-0.2, -0.15) is 5.10 Å². The van der Waals surface area contributed by atoms with Crippen molar-refractivity contribution in [3.05, 3.63) is 39.8 Å². The monoisotopic (exact) mass is 560 g/mol. The standard InChI is InChI=1S/C22H36N6OS.HI/c1-6-23-22(26(4)15-18-16-27(5)25-21(18)17(2)3)24-14-19(20-8-7-13-30-20)28-9-11-29-12-10-28;/h7-8,13,16-17,19H,6,9-12,14-15H2,1-5H3,(H,23,24);1H. The van der Waals surface area contributed by atoms with E-state index in [4.69, 9.17) is 9.73 Å². The van der Waals surface area contributed by atoms with E-state index < -0.39 is 0 Å². The average molecular weight is 561 g/mol. The highest BCUT2D eigenvalue weighted by atomic mass is 127. The summed E-state index contributed by atoms with van der Waals surface area (Å²) in [7, 11) is 4.09. The van der Waals surface area contributed by atoms with Crippen LogP contribution < -0.4 is 5.32 Å². The molecule has 1 atom stereocenters. The van der Waals surface area contributed by atoms with E-state index >= 15 is 0 Å². The molecule has 2 aromatic rings. The molecule has 1 fully saturated rings. The third-order valence-corrected chi connectivity index (χ3v) is 6.33. The maximum atomic E-state index is 5.57. The van der Waals surface area contributed by atoms with Crippen LogP contribution in [0.25, 0.3) is 0 Å². The van der Waals surface area contributed by atoms with Gasteiger partial charge in [0.1, 0.15) is 0 Å². The number of thiophene rings is 1. The van der Waals surface area contributed by atoms with Gasteiger partial charge in [0.2, 0.25) is 0 Å². The Bertz CT molecular complexity index is 801. The van der Waals surface area contributed by atoms with Gasteiger partial charge in [-0.1, -0.05) is 19.9 Å². The molecule has 1 aliphatic heterocycles. The van der Waals surface area contributed by atoms with Crippen LogP contribution in [0, 0.1) is 0 Å². The molecule has 0 saturated carbocycles. The zero-order valence-corrected chi connectivity index (χ0v) is 22.5. The number of nitrogens with zero attached hydrogens (tertiary/aromatic N) is 5. The Morgan fingerprint density at radius 2 is 2.10 bits per heavy atom. The first-order chi connectivity index (χ1) is 14.5. The second kappa shape index (κ2) is 12.8. The molecule has 174 valence electrons. The topological polar surface area (TPSA) is 57.9 Å². The second-order valence-corrected chi connectivity index (χ2v) is 9.08. The summed E-state index contributed by atoms with van der Waals surface area (Å²) in [6.07, 6.45) is 2.12. The van der Waals surface area contributed by atoms with Crippen LogP contribution in [0.5, 0.6) is 0 Å². The fraction of sp³-hybridized carbons (Fsp3) is 0.636. The van der Waals surface area contributed by atoms with Gasteiger partial charge in [0.25, 0.3) is 0 Å². The fourth-order valence-electron chi connectivity index (χ4n) is 3.89. The van der Waals surface area contributed by atoms with Gasteiger partial charge in [-0.25, -0.2) is 0 Å². The lowest BCUT2D eigenvalue weighted by Crippen LogP contribution is -2.42. The third kappa shape index (κ3) is 7.16. The molecule has 1 saturated heterocycles. The highest BCUT2D eigenvalue weighted by Crippen LogP contribution is 2.26. The number of aryl methyl sites for hydroxylation is 1. The number of rotatable bonds is 8. The van der Waals surface area contributed by atoms with Crippen LogP contribution in [0.15, 0.2) is 28.7 Å². The minimum Gasteiger partial charge on any atom is -0.379 e. The highest BCUT2D eigenvalue weighted by molar-refractivity contribution is 14.0. The van der Waals surface area contributed by atoms with Gasteiger partial charge in [-0.3, -0.25) is 14.6 Å². The molecule has 0 amide bonds. The van der Waals surface area contributed by atoms with Gasteiger partial charge in [-0.15, -0.1) is 35.3 Å². The highest BCUT2D eigenvalue weighted by Gasteiger charge is 2.24. The van der Waals surface area contributed by atoms with Crippen molar-refractivity contribution in [3.8, 4) is 0 Å². The summed E-state index contributed by atoms with van der Waals surface area (Å²) in [5.74, 6) is 1.34. The Hall–Kier alpha value is -1.17. The Kier molecular flexibility index (Phi) is 10.7. The maximum Gasteiger partial charge on any atom is 0.194 e. The van der Waals surface area contributed by atoms with E-state index in [-0.39, 0.29) is 24.0 Å². The van der Waals surface area contributed by atoms with E-state index in [1.807, 2.05) is 23.1 Å². The summed E-state index contributed by atoms with van der Waals surface area (Å²) >= 11 is 1.81. The molecular weight excluding hydrogens is 523 g/mol. The first-order valence-electron chi connectivity index (χ1n) is 10.9. The lowest BCUT2D eigenvalue weighted by molar-refractivity contribution is 0.0186. The van der Waals surface area contributed by atoms with E-state index in [1.54, 1.807) is 0 Å². The van der Waals surface area contributed by atoms with E-state index in [0.717, 1.165) is 57.6 Å². The smallest absolute Gasteiger partial charge is 0.194 e. The van der Waals surface area contributed by atoms with E-state index in [0.29, 0.717) is 12.0 Å². The molecule has 1 N–H and O–H groups in total. The van der Waals surface area contributed by atoms with Crippen molar-refractivity contribution >= 4 is 41.3 Å². The van der Waals surface area contributed by atoms with Crippen LogP contribution >= 0.6 is 35.3 Å². The Morgan fingerprint density at radius 1 is 1.35 bits per heavy atom. The van der Waals surface area contributed by atoms with Gasteiger partial charge >= 0.3 is 0 Å². The molecule has 3 rings (SSSR count). The molecule has 0 aliphatic carbocycles. The number of halogens is 1. The maximum absolute atomic E-state index is 5.57. The van der Waals surface area contributed by atoms with Crippen LogP contribution in [0.3, 0.4) is 0 Å². The Morgan fingerprint density at radius 3 is 2.71 bits per heavy atom. The van der Waals surface area contributed by atoms with Crippen molar-refractivity contribution in [1.82, 2.24) is 24.9 Å². The molecule has 3 heterocycles. The van der Waals surface area contributed by atoms with Crippen LogP contribution in [-0.4, -0.2) is 72.0 Å². The number of aromatic nitrogens is 2. The molecule has 0 bridgehead atoms. The zero-order valence-electron chi connectivity index (χ0n) is 19.4. The molecule has 1 aliphatic rings. The average Bonchev–Trinajstić information content (AvgIpc) is 3.38. The molecule has 0 aromatic carbocycles. The molecule has 0 radical (unpaired) electrons. The molecule has 0 spiro atoms. The molecular formula is C22H37IN6OS. The lowest BCUT2D eigenvalue weighted by Gasteiger charge is -2.33. The normalized spacial score (nSPS) is 16.3. The largest absolute Gasteiger partial charge is 0.379 e. The van der Waals surface area contributed by atoms with Crippen molar-refractivity contribution in [2.75, 3.05) is 46.4 Å². The summed E-state index contributed by atoms with van der Waals surface area (Å²) in [5, 5.41) is 10.3. The van der Waals surface area contributed by atoms with Crippen molar-refractivity contribution in [1.29, 1.82) is 0 Å². The van der Waals surface area contributed by atoms with E-state index in [9.17, 15) is 0 Å². The molecule has 2 aromatic heterocycles. The van der Waals surface area contributed by atoms with Crippen LogP contribution in [0.2, 0.25) is 0 Å². The SMILES string of the molecule is CCNC(=NCC(c1cccs1)N1CCOCC1)N(C)Cc1cn(C)nc1C(C)C.I. The lowest BCUT2D eigenvalue weighted by atomic mass is 10.1. The number of hydrogen-bond donors (Lipinski definition) is 1. The molecule has 7 nitrogen and oxygen atoms in total. The summed E-state index contributed by atoms with van der Waals surface area (Å²) in [6.45, 7) is 12.4. The van der Waals surface area contributed by atoms with Crippen molar-refractivity contribution in [3.63, 3.8) is 0 Å². The number of hydrogen-bond acceptors (Lipinski definition) is 5. The van der Waals surface area contributed by atoms with Crippen LogP contribution in [0.1, 0.15) is 48.9 Å². The van der Waals surface area contributed by atoms with Gasteiger partial charge in [-0.05, 0) is 24.3 Å². The zero-order chi connectivity index (χ0) is 21.5. The minimum atomic E-state index is 0. The summed E-state index contributed by atoms with van der Waals surface area (Å²) < 4.78 is 7.48. The van der Waals surface area contributed by atoms with E-state index in [2.05, 4.69) is 71.7 Å². The second-order valence-electron chi connectivity index (χ2n) is 8.10. The minimum absolute atomic E-state index is 0. The first kappa shape index (κ1) is 26.1. The Balaban J connectivity index is 0.00000341. The summed E-state index contributed by atoms with van der Waals surface area (Å²) in [4.78, 5) is 11.1. The predicted octanol–water partition coefficient (Wildman–Crippen LogP) is 3.69.